The van der Waals surface area contributed by atoms with Crippen LogP contribution in [0.15, 0.2) is 24.3 Å². The Labute approximate surface area is 308 Å². The summed E-state index contributed by atoms with van der Waals surface area (Å²) in [6, 6.07) is 10.4. The van der Waals surface area contributed by atoms with Crippen LogP contribution in [0.2, 0.25) is 0 Å². The van der Waals surface area contributed by atoms with Gasteiger partial charge in [0.05, 0.1) is 17.1 Å². The number of thiophene rings is 1. The summed E-state index contributed by atoms with van der Waals surface area (Å²) in [5, 5.41) is 11.6. The third-order valence-corrected chi connectivity index (χ3v) is 14.2. The van der Waals surface area contributed by atoms with Crippen molar-refractivity contribution in [2.75, 3.05) is 57.0 Å². The molecule has 0 aliphatic carbocycles. The lowest BCUT2D eigenvalue weighted by molar-refractivity contribution is -0.126. The molecule has 3 aromatic heterocycles. The number of piperidine rings is 1. The lowest BCUT2D eigenvalue weighted by atomic mass is 9.86. The van der Waals surface area contributed by atoms with Crippen LogP contribution in [-0.4, -0.2) is 96.2 Å². The van der Waals surface area contributed by atoms with E-state index in [0.29, 0.717) is 48.1 Å². The van der Waals surface area contributed by atoms with Crippen molar-refractivity contribution in [3.63, 3.8) is 0 Å². The molecule has 52 heavy (non-hydrogen) atoms. The molecule has 280 valence electrons. The van der Waals surface area contributed by atoms with E-state index in [1.807, 2.05) is 6.07 Å². The summed E-state index contributed by atoms with van der Waals surface area (Å²) in [4.78, 5) is 17.7. The molecule has 1 spiro atoms. The Kier molecular flexibility index (Phi) is 10.1. The van der Waals surface area contributed by atoms with Gasteiger partial charge in [0.15, 0.2) is 0 Å². The second-order valence-corrected chi connectivity index (χ2v) is 19.3. The van der Waals surface area contributed by atoms with Crippen LogP contribution in [0, 0.1) is 29.6 Å². The molecule has 3 saturated heterocycles. The number of nitrogens with zero attached hydrogens (tertiary/aromatic N) is 7. The van der Waals surface area contributed by atoms with E-state index < -0.39 is 22.4 Å². The van der Waals surface area contributed by atoms with Crippen LogP contribution in [0.4, 0.5) is 19.0 Å². The fourth-order valence-electron chi connectivity index (χ4n) is 8.66. The Balaban J connectivity index is 1.04. The molecule has 7 rings (SSSR count). The maximum atomic E-state index is 13.3. The molecule has 6 heterocycles. The van der Waals surface area contributed by atoms with E-state index in [-0.39, 0.29) is 15.5 Å². The number of hydrogen-bond acceptors (Lipinski definition) is 9. The molecule has 4 aromatic rings. The maximum absolute atomic E-state index is 13.3. The molecule has 9 nitrogen and oxygen atoms in total. The number of aryl methyl sites for hydroxylation is 1. The van der Waals surface area contributed by atoms with Gasteiger partial charge in [0, 0.05) is 73.1 Å². The van der Waals surface area contributed by atoms with Crippen LogP contribution in [0.5, 0.6) is 0 Å². The van der Waals surface area contributed by atoms with E-state index in [1.54, 1.807) is 6.07 Å². The summed E-state index contributed by atoms with van der Waals surface area (Å²) in [6.45, 7) is 13.6. The first kappa shape index (κ1) is 37.1. The van der Waals surface area contributed by atoms with Gasteiger partial charge in [0.2, 0.25) is 0 Å². The molecule has 3 aliphatic heterocycles. The van der Waals surface area contributed by atoms with Gasteiger partial charge in [0.1, 0.15) is 38.1 Å². The highest BCUT2D eigenvalue weighted by Crippen LogP contribution is 2.44. The number of halogens is 3. The molecule has 3 fully saturated rings. The van der Waals surface area contributed by atoms with Gasteiger partial charge in [-0.2, -0.15) is 18.4 Å². The van der Waals surface area contributed by atoms with Crippen LogP contribution < -0.4 is 4.90 Å². The number of hydrogen-bond donors (Lipinski definition) is 0. The number of fused-ring (bicyclic) bond motifs is 2. The molecule has 0 bridgehead atoms. The third-order valence-electron chi connectivity index (χ3n) is 11.4. The van der Waals surface area contributed by atoms with Gasteiger partial charge in [0.25, 0.3) is 0 Å². The van der Waals surface area contributed by atoms with Gasteiger partial charge in [-0.05, 0) is 87.5 Å². The van der Waals surface area contributed by atoms with E-state index >= 15 is 0 Å². The van der Waals surface area contributed by atoms with Crippen LogP contribution in [-0.2, 0) is 35.8 Å². The van der Waals surface area contributed by atoms with Crippen molar-refractivity contribution in [3.8, 4) is 6.07 Å². The summed E-state index contributed by atoms with van der Waals surface area (Å²) in [6.07, 6.45) is 0.148. The maximum Gasteiger partial charge on any atom is 0.393 e. The quantitative estimate of drug-likeness (QED) is 0.176. The SMILES string of the molecule is Cc1c(CN2CCC3(CCN(c4nc(CC(C)C)nc5sc(CC(F)(F)F)cc45)C3)C2)ccc2c1cc(C#N)n2CCN1CCC(S(C)(=O)=O)CC1. The van der Waals surface area contributed by atoms with Gasteiger partial charge >= 0.3 is 6.18 Å². The normalized spacial score (nSPS) is 21.1. The molecule has 1 atom stereocenters. The Bertz CT molecular complexity index is 2110. The first-order valence-corrected chi connectivity index (χ1v) is 21.1. The Morgan fingerprint density at radius 3 is 2.46 bits per heavy atom. The Hall–Kier alpha value is -3.25. The first-order valence-electron chi connectivity index (χ1n) is 18.4. The molecule has 3 aliphatic rings. The number of rotatable bonds is 10. The predicted molar refractivity (Wildman–Crippen MR) is 201 cm³/mol. The predicted octanol–water partition coefficient (Wildman–Crippen LogP) is 6.74. The molecule has 0 N–H and O–H groups in total. The Morgan fingerprint density at radius 2 is 1.77 bits per heavy atom. The molecule has 0 amide bonds. The highest BCUT2D eigenvalue weighted by atomic mass is 32.2. The number of likely N-dealkylation sites (tertiary alicyclic amines) is 2. The molecule has 0 saturated carbocycles. The molecule has 14 heteroatoms. The summed E-state index contributed by atoms with van der Waals surface area (Å²) in [5.74, 6) is 1.80. The molecule has 1 aromatic carbocycles. The zero-order valence-corrected chi connectivity index (χ0v) is 32.1. The smallest absolute Gasteiger partial charge is 0.355 e. The number of anilines is 1. The fourth-order valence-corrected chi connectivity index (χ4v) is 10.8. The van der Waals surface area contributed by atoms with E-state index in [4.69, 9.17) is 9.97 Å². The van der Waals surface area contributed by atoms with E-state index in [0.717, 1.165) is 98.6 Å². The number of benzene rings is 1. The molecular formula is C38H48F3N7O2S2. The van der Waals surface area contributed by atoms with Crippen LogP contribution in [0.3, 0.4) is 0 Å². The van der Waals surface area contributed by atoms with E-state index in [2.05, 4.69) is 58.2 Å². The van der Waals surface area contributed by atoms with Crippen molar-refractivity contribution in [2.24, 2.45) is 11.3 Å². The summed E-state index contributed by atoms with van der Waals surface area (Å²) < 4.78 is 66.0. The molecule has 1 unspecified atom stereocenters. The molecule has 0 radical (unpaired) electrons. The largest absolute Gasteiger partial charge is 0.393 e. The van der Waals surface area contributed by atoms with Gasteiger partial charge in [-0.25, -0.2) is 18.4 Å². The van der Waals surface area contributed by atoms with Gasteiger partial charge in [-0.1, -0.05) is 19.9 Å². The third kappa shape index (κ3) is 7.84. The van der Waals surface area contributed by atoms with Crippen molar-refractivity contribution < 1.29 is 21.6 Å². The van der Waals surface area contributed by atoms with Gasteiger partial charge < -0.3 is 14.4 Å². The molecular weight excluding hydrogens is 708 g/mol. The second-order valence-electron chi connectivity index (χ2n) is 15.9. The van der Waals surface area contributed by atoms with E-state index in [9.17, 15) is 26.9 Å². The van der Waals surface area contributed by atoms with Crippen LogP contribution in [0.1, 0.15) is 67.1 Å². The van der Waals surface area contributed by atoms with Crippen molar-refractivity contribution in [1.29, 1.82) is 5.26 Å². The zero-order valence-electron chi connectivity index (χ0n) is 30.5. The minimum absolute atomic E-state index is 0.0887. The second kappa shape index (κ2) is 14.2. The standard InChI is InChI=1S/C38H48F3N7O2S2/c1-25(2)17-34-43-35(32-19-29(20-38(39,40)41)51-36(32)44-34)47-14-10-37(24-47)9-13-46(23-37)22-27-5-6-33-31(26(27)3)18-28(21-42)48(33)16-15-45-11-7-30(8-12-45)52(4,49)50/h5-6,18-19,25,30H,7-17,20,22-24H2,1-4H3. The minimum Gasteiger partial charge on any atom is -0.355 e. The van der Waals surface area contributed by atoms with Crippen molar-refractivity contribution in [2.45, 2.75) is 83.8 Å². The summed E-state index contributed by atoms with van der Waals surface area (Å²) in [7, 11) is -3.02. The topological polar surface area (TPSA) is 98.4 Å². The van der Waals surface area contributed by atoms with Crippen molar-refractivity contribution >= 4 is 48.1 Å². The monoisotopic (exact) mass is 755 g/mol. The van der Waals surface area contributed by atoms with Gasteiger partial charge in [-0.3, -0.25) is 4.90 Å². The summed E-state index contributed by atoms with van der Waals surface area (Å²) >= 11 is 1.13. The van der Waals surface area contributed by atoms with Crippen LogP contribution in [0.25, 0.3) is 21.1 Å². The average molecular weight is 756 g/mol. The van der Waals surface area contributed by atoms with E-state index in [1.165, 1.54) is 17.4 Å². The number of sulfone groups is 1. The minimum atomic E-state index is -4.27. The van der Waals surface area contributed by atoms with Crippen LogP contribution >= 0.6 is 11.3 Å². The lowest BCUT2D eigenvalue weighted by Crippen LogP contribution is -2.40. The summed E-state index contributed by atoms with van der Waals surface area (Å²) in [5.41, 5.74) is 4.21. The highest BCUT2D eigenvalue weighted by molar-refractivity contribution is 7.91. The number of alkyl halides is 3. The van der Waals surface area contributed by atoms with Gasteiger partial charge in [-0.15, -0.1) is 11.3 Å². The number of aromatic nitrogens is 3. The van der Waals surface area contributed by atoms with Crippen molar-refractivity contribution in [3.05, 3.63) is 51.8 Å². The zero-order chi connectivity index (χ0) is 37.0. The van der Waals surface area contributed by atoms with Crippen molar-refractivity contribution in [1.82, 2.24) is 24.3 Å². The highest BCUT2D eigenvalue weighted by Gasteiger charge is 2.44. The average Bonchev–Trinajstić information content (AvgIpc) is 3.85. The Morgan fingerprint density at radius 1 is 1.02 bits per heavy atom. The lowest BCUT2D eigenvalue weighted by Gasteiger charge is -2.31. The first-order chi connectivity index (χ1) is 24.6. The fraction of sp³-hybridized carbons (Fsp3) is 0.605. The number of nitriles is 1.